The molecule has 0 amide bonds. The fourth-order valence-electron chi connectivity index (χ4n) is 2.11. The lowest BCUT2D eigenvalue weighted by molar-refractivity contribution is -0.145. The summed E-state index contributed by atoms with van der Waals surface area (Å²) in [4.78, 5) is 11.5. The molecule has 0 heterocycles. The number of carbonyl (C=O) groups excluding carboxylic acids is 1. The second kappa shape index (κ2) is 6.64. The molecule has 1 aliphatic rings. The van der Waals surface area contributed by atoms with Crippen LogP contribution < -0.4 is 0 Å². The predicted octanol–water partition coefficient (Wildman–Crippen LogP) is 3.43. The molecule has 0 aliphatic heterocycles. The SMILES string of the molecule is COC(=O)C1CC=CC(SCc2ccccc2)C1. The van der Waals surface area contributed by atoms with Crippen molar-refractivity contribution in [3.63, 3.8) is 0 Å². The molecule has 96 valence electrons. The molecule has 0 bridgehead atoms. The summed E-state index contributed by atoms with van der Waals surface area (Å²) in [6.45, 7) is 0. The average Bonchev–Trinajstić information content (AvgIpc) is 2.45. The summed E-state index contributed by atoms with van der Waals surface area (Å²) >= 11 is 1.89. The highest BCUT2D eigenvalue weighted by Crippen LogP contribution is 2.30. The lowest BCUT2D eigenvalue weighted by atomic mass is 9.94. The second-order valence-electron chi connectivity index (χ2n) is 4.45. The summed E-state index contributed by atoms with van der Waals surface area (Å²) in [5, 5.41) is 0.419. The van der Waals surface area contributed by atoms with Crippen LogP contribution in [0.4, 0.5) is 0 Å². The van der Waals surface area contributed by atoms with Gasteiger partial charge >= 0.3 is 5.97 Å². The minimum absolute atomic E-state index is 0.0354. The maximum Gasteiger partial charge on any atom is 0.309 e. The molecule has 0 spiro atoms. The molecule has 1 aliphatic carbocycles. The number of hydrogen-bond acceptors (Lipinski definition) is 3. The lowest BCUT2D eigenvalue weighted by Crippen LogP contribution is -2.22. The van der Waals surface area contributed by atoms with Crippen molar-refractivity contribution in [3.05, 3.63) is 48.0 Å². The van der Waals surface area contributed by atoms with Gasteiger partial charge in [-0.15, -0.1) is 11.8 Å². The number of carbonyl (C=O) groups is 1. The van der Waals surface area contributed by atoms with Gasteiger partial charge in [0.25, 0.3) is 0 Å². The van der Waals surface area contributed by atoms with Crippen LogP contribution in [0.25, 0.3) is 0 Å². The molecule has 18 heavy (non-hydrogen) atoms. The molecule has 3 heteroatoms. The van der Waals surface area contributed by atoms with E-state index in [-0.39, 0.29) is 11.9 Å². The monoisotopic (exact) mass is 262 g/mol. The van der Waals surface area contributed by atoms with E-state index < -0.39 is 0 Å². The number of benzene rings is 1. The van der Waals surface area contributed by atoms with E-state index in [0.29, 0.717) is 5.25 Å². The topological polar surface area (TPSA) is 26.3 Å². The first-order valence-corrected chi connectivity index (χ1v) is 7.24. The molecule has 0 saturated heterocycles. The van der Waals surface area contributed by atoms with Crippen LogP contribution in [0.2, 0.25) is 0 Å². The molecule has 0 aromatic heterocycles. The maximum absolute atomic E-state index is 11.5. The quantitative estimate of drug-likeness (QED) is 0.614. The summed E-state index contributed by atoms with van der Waals surface area (Å²) in [7, 11) is 1.47. The number of hydrogen-bond donors (Lipinski definition) is 0. The van der Waals surface area contributed by atoms with E-state index in [0.717, 1.165) is 18.6 Å². The smallest absolute Gasteiger partial charge is 0.309 e. The number of esters is 1. The summed E-state index contributed by atoms with van der Waals surface area (Å²) in [6, 6.07) is 10.4. The Morgan fingerprint density at radius 2 is 2.17 bits per heavy atom. The van der Waals surface area contributed by atoms with Crippen LogP contribution in [0, 0.1) is 5.92 Å². The van der Waals surface area contributed by atoms with Gasteiger partial charge in [0.2, 0.25) is 0 Å². The Morgan fingerprint density at radius 3 is 2.89 bits per heavy atom. The van der Waals surface area contributed by atoms with E-state index in [4.69, 9.17) is 4.74 Å². The van der Waals surface area contributed by atoms with E-state index in [9.17, 15) is 4.79 Å². The second-order valence-corrected chi connectivity index (χ2v) is 5.68. The number of methoxy groups -OCH3 is 1. The number of rotatable bonds is 4. The van der Waals surface area contributed by atoms with Gasteiger partial charge in [0.1, 0.15) is 0 Å². The summed E-state index contributed by atoms with van der Waals surface area (Å²) in [6.07, 6.45) is 6.02. The third kappa shape index (κ3) is 3.64. The number of thioether (sulfide) groups is 1. The largest absolute Gasteiger partial charge is 0.469 e. The van der Waals surface area contributed by atoms with E-state index in [1.807, 2.05) is 17.8 Å². The number of allylic oxidation sites excluding steroid dienone is 1. The standard InChI is InChI=1S/C15H18O2S/c1-17-15(16)13-8-5-9-14(10-13)18-11-12-6-3-2-4-7-12/h2-7,9,13-14H,8,10-11H2,1H3. The summed E-state index contributed by atoms with van der Waals surface area (Å²) < 4.78 is 4.82. The first-order valence-electron chi connectivity index (χ1n) is 6.19. The number of ether oxygens (including phenoxy) is 1. The summed E-state index contributed by atoms with van der Waals surface area (Å²) in [5.74, 6) is 0.946. The zero-order valence-corrected chi connectivity index (χ0v) is 11.4. The van der Waals surface area contributed by atoms with Crippen molar-refractivity contribution in [2.75, 3.05) is 7.11 Å². The Bertz CT molecular complexity index is 414. The normalized spacial score (nSPS) is 22.7. The zero-order valence-electron chi connectivity index (χ0n) is 10.5. The van der Waals surface area contributed by atoms with E-state index >= 15 is 0 Å². The molecule has 2 nitrogen and oxygen atoms in total. The molecule has 0 saturated carbocycles. The molecule has 2 atom stereocenters. The fourth-order valence-corrected chi connectivity index (χ4v) is 3.30. The van der Waals surface area contributed by atoms with Gasteiger partial charge in [0.05, 0.1) is 13.0 Å². The molecule has 2 rings (SSSR count). The molecular weight excluding hydrogens is 244 g/mol. The molecule has 0 fully saturated rings. The highest BCUT2D eigenvalue weighted by molar-refractivity contribution is 7.99. The Balaban J connectivity index is 1.85. The van der Waals surface area contributed by atoms with Gasteiger partial charge in [-0.25, -0.2) is 0 Å². The highest BCUT2D eigenvalue weighted by Gasteiger charge is 2.24. The van der Waals surface area contributed by atoms with Crippen LogP contribution in [0.5, 0.6) is 0 Å². The summed E-state index contributed by atoms with van der Waals surface area (Å²) in [5.41, 5.74) is 1.33. The van der Waals surface area contributed by atoms with Crippen LogP contribution >= 0.6 is 11.8 Å². The van der Waals surface area contributed by atoms with E-state index in [1.165, 1.54) is 12.7 Å². The van der Waals surface area contributed by atoms with E-state index in [1.54, 1.807) is 0 Å². The maximum atomic E-state index is 11.5. The van der Waals surface area contributed by atoms with Crippen molar-refractivity contribution >= 4 is 17.7 Å². The van der Waals surface area contributed by atoms with Crippen LogP contribution in [0.3, 0.4) is 0 Å². The molecule has 1 aromatic carbocycles. The van der Waals surface area contributed by atoms with Crippen molar-refractivity contribution in [2.24, 2.45) is 5.92 Å². The van der Waals surface area contributed by atoms with Gasteiger partial charge in [-0.1, -0.05) is 42.5 Å². The molecule has 1 aromatic rings. The highest BCUT2D eigenvalue weighted by atomic mass is 32.2. The van der Waals surface area contributed by atoms with Gasteiger partial charge in [-0.05, 0) is 18.4 Å². The van der Waals surface area contributed by atoms with Gasteiger partial charge in [-0.3, -0.25) is 4.79 Å². The van der Waals surface area contributed by atoms with Crippen LogP contribution in [-0.2, 0) is 15.3 Å². The first kappa shape index (κ1) is 13.2. The lowest BCUT2D eigenvalue weighted by Gasteiger charge is -2.22. The van der Waals surface area contributed by atoms with Crippen molar-refractivity contribution < 1.29 is 9.53 Å². The van der Waals surface area contributed by atoms with Crippen LogP contribution in [-0.4, -0.2) is 18.3 Å². The van der Waals surface area contributed by atoms with Crippen molar-refractivity contribution in [2.45, 2.75) is 23.8 Å². The van der Waals surface area contributed by atoms with E-state index in [2.05, 4.69) is 36.4 Å². The molecular formula is C15H18O2S. The van der Waals surface area contributed by atoms with Gasteiger partial charge in [0, 0.05) is 11.0 Å². The Labute approximate surface area is 112 Å². The molecule has 2 unspecified atom stereocenters. The Kier molecular flexibility index (Phi) is 4.88. The third-order valence-corrected chi connectivity index (χ3v) is 4.41. The minimum atomic E-state index is -0.0790. The van der Waals surface area contributed by atoms with Crippen LogP contribution in [0.15, 0.2) is 42.5 Å². The first-order chi connectivity index (χ1) is 8.79. The molecule has 0 N–H and O–H groups in total. The van der Waals surface area contributed by atoms with Crippen LogP contribution in [0.1, 0.15) is 18.4 Å². The van der Waals surface area contributed by atoms with Gasteiger partial charge < -0.3 is 4.74 Å². The average molecular weight is 262 g/mol. The Hall–Kier alpha value is -1.22. The third-order valence-electron chi connectivity index (χ3n) is 3.13. The van der Waals surface area contributed by atoms with Gasteiger partial charge in [-0.2, -0.15) is 0 Å². The predicted molar refractivity (Wildman–Crippen MR) is 75.4 cm³/mol. The van der Waals surface area contributed by atoms with Gasteiger partial charge in [0.15, 0.2) is 0 Å². The fraction of sp³-hybridized carbons (Fsp3) is 0.400. The minimum Gasteiger partial charge on any atom is -0.469 e. The van der Waals surface area contributed by atoms with Crippen molar-refractivity contribution in [3.8, 4) is 0 Å². The van der Waals surface area contributed by atoms with Crippen molar-refractivity contribution in [1.82, 2.24) is 0 Å². The van der Waals surface area contributed by atoms with Crippen molar-refractivity contribution in [1.29, 1.82) is 0 Å². The molecule has 0 radical (unpaired) electrons. The zero-order chi connectivity index (χ0) is 12.8. The Morgan fingerprint density at radius 1 is 1.39 bits per heavy atom.